The van der Waals surface area contributed by atoms with Gasteiger partial charge in [0.05, 0.1) is 5.60 Å². The smallest absolute Gasteiger partial charge is 0.0702 e. The van der Waals surface area contributed by atoms with Crippen molar-refractivity contribution in [1.82, 2.24) is 5.32 Å². The molecule has 1 heterocycles. The number of hydrogen-bond acceptors (Lipinski definition) is 2. The molecule has 1 saturated carbocycles. The van der Waals surface area contributed by atoms with Crippen LogP contribution in [0.2, 0.25) is 0 Å². The standard InChI is InChI=1S/C18H27NO/c1-14(15-7-3-2-4-8-15)13-17-16-9-5-6-10-18(16,20)11-12-19-17/h2-4,7-8,14,16-17,19-20H,5-6,9-13H2,1H3. The minimum absolute atomic E-state index is 0.384. The van der Waals surface area contributed by atoms with Crippen molar-refractivity contribution in [1.29, 1.82) is 0 Å². The molecule has 0 radical (unpaired) electrons. The van der Waals surface area contributed by atoms with Crippen LogP contribution in [0.5, 0.6) is 0 Å². The third-order valence-electron chi connectivity index (χ3n) is 5.49. The maximum absolute atomic E-state index is 10.9. The molecule has 2 N–H and O–H groups in total. The molecule has 3 rings (SSSR count). The minimum atomic E-state index is -0.384. The van der Waals surface area contributed by atoms with Crippen molar-refractivity contribution in [2.45, 2.75) is 63.0 Å². The molecule has 0 bridgehead atoms. The first-order valence-electron chi connectivity index (χ1n) is 8.20. The average molecular weight is 273 g/mol. The van der Waals surface area contributed by atoms with E-state index in [1.54, 1.807) is 0 Å². The van der Waals surface area contributed by atoms with Gasteiger partial charge in [-0.25, -0.2) is 0 Å². The lowest BCUT2D eigenvalue weighted by Gasteiger charge is -2.49. The Morgan fingerprint density at radius 3 is 2.85 bits per heavy atom. The van der Waals surface area contributed by atoms with Crippen LogP contribution >= 0.6 is 0 Å². The molecule has 1 aromatic carbocycles. The fraction of sp³-hybridized carbons (Fsp3) is 0.667. The van der Waals surface area contributed by atoms with Gasteiger partial charge in [0.1, 0.15) is 0 Å². The Morgan fingerprint density at radius 2 is 2.05 bits per heavy atom. The second kappa shape index (κ2) is 5.87. The van der Waals surface area contributed by atoms with E-state index in [-0.39, 0.29) is 5.60 Å². The van der Waals surface area contributed by atoms with Crippen LogP contribution in [0, 0.1) is 5.92 Å². The molecular weight excluding hydrogens is 246 g/mol. The predicted molar refractivity (Wildman–Crippen MR) is 82.8 cm³/mol. The highest BCUT2D eigenvalue weighted by Crippen LogP contribution is 2.42. The summed E-state index contributed by atoms with van der Waals surface area (Å²) < 4.78 is 0. The number of rotatable bonds is 3. The predicted octanol–water partition coefficient (Wildman–Crippen LogP) is 3.46. The van der Waals surface area contributed by atoms with E-state index in [1.165, 1.54) is 24.8 Å². The van der Waals surface area contributed by atoms with Crippen LogP contribution in [0.25, 0.3) is 0 Å². The zero-order valence-corrected chi connectivity index (χ0v) is 12.5. The van der Waals surface area contributed by atoms with Crippen molar-refractivity contribution in [2.24, 2.45) is 5.92 Å². The summed E-state index contributed by atoms with van der Waals surface area (Å²) in [7, 11) is 0. The highest BCUT2D eigenvalue weighted by Gasteiger charge is 2.45. The number of piperidine rings is 1. The summed E-state index contributed by atoms with van der Waals surface area (Å²) in [6, 6.07) is 11.2. The number of hydrogen-bond donors (Lipinski definition) is 2. The fourth-order valence-corrected chi connectivity index (χ4v) is 4.30. The summed E-state index contributed by atoms with van der Waals surface area (Å²) in [6.07, 6.45) is 6.76. The third-order valence-corrected chi connectivity index (χ3v) is 5.49. The van der Waals surface area contributed by atoms with Crippen molar-refractivity contribution >= 4 is 0 Å². The molecule has 0 spiro atoms. The topological polar surface area (TPSA) is 32.3 Å². The normalized spacial score (nSPS) is 35.3. The molecule has 2 fully saturated rings. The largest absolute Gasteiger partial charge is 0.389 e. The fourth-order valence-electron chi connectivity index (χ4n) is 4.30. The van der Waals surface area contributed by atoms with Crippen LogP contribution in [0.4, 0.5) is 0 Å². The lowest BCUT2D eigenvalue weighted by molar-refractivity contribution is -0.0869. The van der Waals surface area contributed by atoms with Gasteiger partial charge in [-0.1, -0.05) is 50.1 Å². The molecule has 2 aliphatic rings. The molecule has 1 saturated heterocycles. The zero-order chi connectivity index (χ0) is 14.0. The van der Waals surface area contributed by atoms with Crippen LogP contribution in [0.3, 0.4) is 0 Å². The number of fused-ring (bicyclic) bond motifs is 1. The first kappa shape index (κ1) is 14.1. The molecule has 1 aliphatic heterocycles. The Balaban J connectivity index is 1.70. The summed E-state index contributed by atoms with van der Waals surface area (Å²) in [5.74, 6) is 1.01. The molecule has 1 aliphatic carbocycles. The molecular formula is C18H27NO. The average Bonchev–Trinajstić information content (AvgIpc) is 2.48. The summed E-state index contributed by atoms with van der Waals surface area (Å²) in [5, 5.41) is 14.6. The molecule has 0 aromatic heterocycles. The van der Waals surface area contributed by atoms with Gasteiger partial charge in [-0.2, -0.15) is 0 Å². The summed E-state index contributed by atoms with van der Waals surface area (Å²) in [6.45, 7) is 3.28. The van der Waals surface area contributed by atoms with Gasteiger partial charge in [-0.15, -0.1) is 0 Å². The lowest BCUT2D eigenvalue weighted by Crippen LogP contribution is -2.57. The molecule has 0 amide bonds. The number of nitrogens with one attached hydrogen (secondary N) is 1. The van der Waals surface area contributed by atoms with Crippen molar-refractivity contribution in [3.8, 4) is 0 Å². The van der Waals surface area contributed by atoms with Crippen molar-refractivity contribution in [2.75, 3.05) is 6.54 Å². The number of benzene rings is 1. The molecule has 20 heavy (non-hydrogen) atoms. The van der Waals surface area contributed by atoms with Crippen molar-refractivity contribution in [3.05, 3.63) is 35.9 Å². The van der Waals surface area contributed by atoms with Crippen LogP contribution < -0.4 is 5.32 Å². The second-order valence-electron chi connectivity index (χ2n) is 6.81. The molecule has 4 atom stereocenters. The van der Waals surface area contributed by atoms with Crippen LogP contribution in [0.1, 0.15) is 56.9 Å². The first-order valence-corrected chi connectivity index (χ1v) is 8.20. The third kappa shape index (κ3) is 2.77. The Bertz CT molecular complexity index is 428. The van der Waals surface area contributed by atoms with Gasteiger partial charge < -0.3 is 10.4 Å². The van der Waals surface area contributed by atoms with E-state index in [0.29, 0.717) is 17.9 Å². The Hall–Kier alpha value is -0.860. The van der Waals surface area contributed by atoms with Gasteiger partial charge in [-0.05, 0) is 43.7 Å². The number of aliphatic hydroxyl groups is 1. The van der Waals surface area contributed by atoms with E-state index >= 15 is 0 Å². The highest BCUT2D eigenvalue weighted by atomic mass is 16.3. The van der Waals surface area contributed by atoms with Gasteiger partial charge in [0.15, 0.2) is 0 Å². The first-order chi connectivity index (χ1) is 9.69. The maximum Gasteiger partial charge on any atom is 0.0702 e. The minimum Gasteiger partial charge on any atom is -0.389 e. The Morgan fingerprint density at radius 1 is 1.25 bits per heavy atom. The van der Waals surface area contributed by atoms with E-state index in [4.69, 9.17) is 0 Å². The molecule has 2 heteroatoms. The van der Waals surface area contributed by atoms with Crippen LogP contribution in [-0.4, -0.2) is 23.3 Å². The van der Waals surface area contributed by atoms with Gasteiger partial charge in [0.2, 0.25) is 0 Å². The quantitative estimate of drug-likeness (QED) is 0.884. The van der Waals surface area contributed by atoms with Crippen molar-refractivity contribution < 1.29 is 5.11 Å². The highest BCUT2D eigenvalue weighted by molar-refractivity contribution is 5.19. The zero-order valence-electron chi connectivity index (χ0n) is 12.5. The van der Waals surface area contributed by atoms with E-state index in [2.05, 4.69) is 42.6 Å². The van der Waals surface area contributed by atoms with E-state index in [0.717, 1.165) is 25.8 Å². The van der Waals surface area contributed by atoms with Crippen LogP contribution in [-0.2, 0) is 0 Å². The SMILES string of the molecule is CC(CC1NCCC2(O)CCCCC12)c1ccccc1. The summed E-state index contributed by atoms with van der Waals surface area (Å²) in [4.78, 5) is 0. The Labute approximate surface area is 122 Å². The molecule has 4 unspecified atom stereocenters. The monoisotopic (exact) mass is 273 g/mol. The van der Waals surface area contributed by atoms with Gasteiger partial charge >= 0.3 is 0 Å². The van der Waals surface area contributed by atoms with Gasteiger partial charge in [-0.3, -0.25) is 0 Å². The van der Waals surface area contributed by atoms with E-state index in [1.807, 2.05) is 0 Å². The van der Waals surface area contributed by atoms with Crippen LogP contribution in [0.15, 0.2) is 30.3 Å². The lowest BCUT2D eigenvalue weighted by atomic mass is 9.66. The Kier molecular flexibility index (Phi) is 4.13. The molecule has 110 valence electrons. The summed E-state index contributed by atoms with van der Waals surface area (Å²) in [5.41, 5.74) is 1.03. The second-order valence-corrected chi connectivity index (χ2v) is 6.81. The summed E-state index contributed by atoms with van der Waals surface area (Å²) >= 11 is 0. The van der Waals surface area contributed by atoms with Gasteiger partial charge in [0, 0.05) is 12.0 Å². The molecule has 2 nitrogen and oxygen atoms in total. The van der Waals surface area contributed by atoms with Gasteiger partial charge in [0.25, 0.3) is 0 Å². The van der Waals surface area contributed by atoms with E-state index in [9.17, 15) is 5.11 Å². The van der Waals surface area contributed by atoms with Crippen molar-refractivity contribution in [3.63, 3.8) is 0 Å². The molecule has 1 aromatic rings. The van der Waals surface area contributed by atoms with E-state index < -0.39 is 0 Å². The maximum atomic E-state index is 10.9.